The number of aromatic nitrogens is 2. The Morgan fingerprint density at radius 3 is 2.44 bits per heavy atom. The summed E-state index contributed by atoms with van der Waals surface area (Å²) in [5.41, 5.74) is 1.16. The zero-order chi connectivity index (χ0) is 23.4. The van der Waals surface area contributed by atoms with Gasteiger partial charge in [0.2, 0.25) is 0 Å². The van der Waals surface area contributed by atoms with E-state index >= 15 is 0 Å². The lowest BCUT2D eigenvalue weighted by Gasteiger charge is -2.08. The first-order valence-electron chi connectivity index (χ1n) is 9.14. The molecule has 0 aliphatic heterocycles. The Morgan fingerprint density at radius 2 is 1.81 bits per heavy atom. The predicted molar refractivity (Wildman–Crippen MR) is 123 cm³/mol. The molecule has 3 rings (SSSR count). The summed E-state index contributed by atoms with van der Waals surface area (Å²) in [4.78, 5) is 24.0. The lowest BCUT2D eigenvalue weighted by atomic mass is 10.1. The molecular weight excluding hydrogens is 475 g/mol. The number of benzene rings is 2. The average molecular weight is 490 g/mol. The minimum atomic E-state index is -1.21. The SMILES string of the molecule is Cc1nn(Cc2c(Cl)cccc2Cl)c(Cl)c1/C=C(/C#N)C(=O)Nc1ccccc1C(=O)O. The molecule has 3 aromatic rings. The van der Waals surface area contributed by atoms with E-state index in [-0.39, 0.29) is 28.5 Å². The van der Waals surface area contributed by atoms with Crippen molar-refractivity contribution in [2.24, 2.45) is 0 Å². The fraction of sp³-hybridized carbons (Fsp3) is 0.0909. The third kappa shape index (κ3) is 4.94. The monoisotopic (exact) mass is 488 g/mol. The summed E-state index contributed by atoms with van der Waals surface area (Å²) >= 11 is 18.9. The van der Waals surface area contributed by atoms with E-state index in [0.29, 0.717) is 26.9 Å². The van der Waals surface area contributed by atoms with Crippen LogP contribution in [0.1, 0.15) is 27.2 Å². The van der Waals surface area contributed by atoms with Crippen molar-refractivity contribution in [1.29, 1.82) is 5.26 Å². The van der Waals surface area contributed by atoms with Gasteiger partial charge in [-0.3, -0.25) is 4.79 Å². The molecule has 32 heavy (non-hydrogen) atoms. The van der Waals surface area contributed by atoms with Crippen molar-refractivity contribution in [3.8, 4) is 6.07 Å². The predicted octanol–water partition coefficient (Wildman–Crippen LogP) is 5.44. The molecule has 0 spiro atoms. The molecule has 0 aliphatic rings. The Balaban J connectivity index is 1.92. The van der Waals surface area contributed by atoms with E-state index in [9.17, 15) is 20.0 Å². The lowest BCUT2D eigenvalue weighted by Crippen LogP contribution is -2.16. The van der Waals surface area contributed by atoms with Crippen LogP contribution in [0.4, 0.5) is 5.69 Å². The van der Waals surface area contributed by atoms with Gasteiger partial charge in [-0.25, -0.2) is 9.48 Å². The van der Waals surface area contributed by atoms with Gasteiger partial charge in [-0.05, 0) is 37.3 Å². The number of nitrogens with one attached hydrogen (secondary N) is 1. The number of nitriles is 1. The van der Waals surface area contributed by atoms with E-state index in [1.165, 1.54) is 29.0 Å². The van der Waals surface area contributed by atoms with Gasteiger partial charge in [-0.2, -0.15) is 10.4 Å². The van der Waals surface area contributed by atoms with Gasteiger partial charge in [-0.15, -0.1) is 0 Å². The number of carbonyl (C=O) groups excluding carboxylic acids is 1. The molecule has 0 aliphatic carbocycles. The van der Waals surface area contributed by atoms with Crippen molar-refractivity contribution < 1.29 is 14.7 Å². The zero-order valence-electron chi connectivity index (χ0n) is 16.6. The first-order chi connectivity index (χ1) is 15.2. The summed E-state index contributed by atoms with van der Waals surface area (Å²) in [6, 6.07) is 12.8. The number of carboxylic acid groups (broad SMARTS) is 1. The maximum atomic E-state index is 12.6. The number of amides is 1. The number of aryl methyl sites for hydroxylation is 1. The van der Waals surface area contributed by atoms with Crippen LogP contribution in [-0.2, 0) is 11.3 Å². The number of anilines is 1. The minimum absolute atomic E-state index is 0.0676. The normalized spacial score (nSPS) is 11.2. The summed E-state index contributed by atoms with van der Waals surface area (Å²) in [6.07, 6.45) is 1.30. The molecular formula is C22H15Cl3N4O3. The van der Waals surface area contributed by atoms with Gasteiger partial charge in [0.25, 0.3) is 5.91 Å². The maximum absolute atomic E-state index is 12.6. The summed E-state index contributed by atoms with van der Waals surface area (Å²) in [6.45, 7) is 1.86. The van der Waals surface area contributed by atoms with Crippen LogP contribution in [0.2, 0.25) is 15.2 Å². The van der Waals surface area contributed by atoms with Crippen LogP contribution in [0.15, 0.2) is 48.0 Å². The Hall–Kier alpha value is -3.31. The standard InChI is InChI=1S/C22H15Cl3N4O3/c1-12-15(20(25)29(28-12)11-16-17(23)6-4-7-18(16)24)9-13(10-26)21(30)27-19-8-3-2-5-14(19)22(31)32/h2-9H,11H2,1H3,(H,27,30)(H,31,32)/b13-9-. The second-order valence-corrected chi connectivity index (χ2v) is 7.79. The second kappa shape index (κ2) is 9.88. The largest absolute Gasteiger partial charge is 0.478 e. The molecule has 0 fully saturated rings. The molecule has 2 aromatic carbocycles. The van der Waals surface area contributed by atoms with Gasteiger partial charge in [-0.1, -0.05) is 53.0 Å². The molecule has 0 saturated carbocycles. The van der Waals surface area contributed by atoms with Crippen LogP contribution >= 0.6 is 34.8 Å². The molecule has 2 N–H and O–H groups in total. The number of aromatic carboxylic acids is 1. The minimum Gasteiger partial charge on any atom is -0.478 e. The van der Waals surface area contributed by atoms with Gasteiger partial charge in [0.15, 0.2) is 0 Å². The molecule has 7 nitrogen and oxygen atoms in total. The lowest BCUT2D eigenvalue weighted by molar-refractivity contribution is -0.112. The number of carboxylic acids is 1. The molecule has 1 aromatic heterocycles. The number of carbonyl (C=O) groups is 2. The fourth-order valence-corrected chi connectivity index (χ4v) is 3.74. The number of halogens is 3. The highest BCUT2D eigenvalue weighted by Gasteiger charge is 2.19. The number of hydrogen-bond acceptors (Lipinski definition) is 4. The van der Waals surface area contributed by atoms with Crippen LogP contribution in [0.3, 0.4) is 0 Å². The molecule has 10 heteroatoms. The molecule has 0 bridgehead atoms. The molecule has 1 amide bonds. The van der Waals surface area contributed by atoms with Crippen LogP contribution in [0.25, 0.3) is 6.08 Å². The second-order valence-electron chi connectivity index (χ2n) is 6.62. The quantitative estimate of drug-likeness (QED) is 0.354. The molecule has 162 valence electrons. The molecule has 0 unspecified atom stereocenters. The van der Waals surface area contributed by atoms with Crippen molar-refractivity contribution in [2.75, 3.05) is 5.32 Å². The Labute approximate surface area is 198 Å². The summed E-state index contributed by atoms with van der Waals surface area (Å²) in [5, 5.41) is 26.7. The van der Waals surface area contributed by atoms with Gasteiger partial charge >= 0.3 is 5.97 Å². The summed E-state index contributed by atoms with van der Waals surface area (Å²) < 4.78 is 1.46. The van der Waals surface area contributed by atoms with E-state index in [1.807, 2.05) is 6.07 Å². The van der Waals surface area contributed by atoms with Gasteiger partial charge < -0.3 is 10.4 Å². The van der Waals surface area contributed by atoms with Crippen molar-refractivity contribution in [1.82, 2.24) is 9.78 Å². The smallest absolute Gasteiger partial charge is 0.337 e. The third-order valence-corrected chi connectivity index (χ3v) is 5.65. The van der Waals surface area contributed by atoms with Gasteiger partial charge in [0.05, 0.1) is 23.5 Å². The van der Waals surface area contributed by atoms with E-state index < -0.39 is 11.9 Å². The summed E-state index contributed by atoms with van der Waals surface area (Å²) in [7, 11) is 0. The Kier molecular flexibility index (Phi) is 7.21. The van der Waals surface area contributed by atoms with E-state index in [4.69, 9.17) is 34.8 Å². The van der Waals surface area contributed by atoms with Crippen LogP contribution in [-0.4, -0.2) is 26.8 Å². The fourth-order valence-electron chi connectivity index (χ4n) is 2.93. The molecule has 0 radical (unpaired) electrons. The third-order valence-electron chi connectivity index (χ3n) is 4.54. The van der Waals surface area contributed by atoms with Crippen LogP contribution in [0.5, 0.6) is 0 Å². The van der Waals surface area contributed by atoms with Crippen LogP contribution < -0.4 is 5.32 Å². The van der Waals surface area contributed by atoms with Crippen molar-refractivity contribution in [3.63, 3.8) is 0 Å². The Morgan fingerprint density at radius 1 is 1.16 bits per heavy atom. The van der Waals surface area contributed by atoms with Gasteiger partial charge in [0, 0.05) is 21.2 Å². The van der Waals surface area contributed by atoms with Crippen molar-refractivity contribution in [2.45, 2.75) is 13.5 Å². The van der Waals surface area contributed by atoms with Crippen molar-refractivity contribution >= 4 is 58.4 Å². The first kappa shape index (κ1) is 23.4. The van der Waals surface area contributed by atoms with Crippen LogP contribution in [0, 0.1) is 18.3 Å². The number of para-hydroxylation sites is 1. The number of hydrogen-bond donors (Lipinski definition) is 2. The summed E-state index contributed by atoms with van der Waals surface area (Å²) in [5.74, 6) is -1.99. The Bertz CT molecular complexity index is 1270. The number of nitrogens with zero attached hydrogens (tertiary/aromatic N) is 3. The average Bonchev–Trinajstić information content (AvgIpc) is 3.01. The first-order valence-corrected chi connectivity index (χ1v) is 10.3. The van der Waals surface area contributed by atoms with E-state index in [1.54, 1.807) is 31.2 Å². The molecule has 0 saturated heterocycles. The van der Waals surface area contributed by atoms with E-state index in [2.05, 4.69) is 10.4 Å². The highest BCUT2D eigenvalue weighted by molar-refractivity contribution is 6.36. The molecule has 0 atom stereocenters. The topological polar surface area (TPSA) is 108 Å². The number of rotatable bonds is 6. The molecule has 1 heterocycles. The highest BCUT2D eigenvalue weighted by Crippen LogP contribution is 2.29. The zero-order valence-corrected chi connectivity index (χ0v) is 18.8. The highest BCUT2D eigenvalue weighted by atomic mass is 35.5. The van der Waals surface area contributed by atoms with Crippen molar-refractivity contribution in [3.05, 3.63) is 85.6 Å². The van der Waals surface area contributed by atoms with E-state index in [0.717, 1.165) is 0 Å². The van der Waals surface area contributed by atoms with Gasteiger partial charge in [0.1, 0.15) is 16.8 Å². The maximum Gasteiger partial charge on any atom is 0.337 e.